The Labute approximate surface area is 73.8 Å². The fraction of sp³-hybridized carbons (Fsp3) is 0.333. The van der Waals surface area contributed by atoms with Crippen molar-refractivity contribution >= 4 is 12.7 Å². The van der Waals surface area contributed by atoms with Gasteiger partial charge in [0.2, 0.25) is 5.96 Å². The lowest BCUT2D eigenvalue weighted by Gasteiger charge is -2.17. The molecule has 0 amide bonds. The van der Waals surface area contributed by atoms with Gasteiger partial charge in [-0.1, -0.05) is 12.7 Å². The number of aliphatic imine (C=N–C) groups is 2. The maximum absolute atomic E-state index is 3.93. The maximum atomic E-state index is 3.93. The van der Waals surface area contributed by atoms with Crippen LogP contribution in [0.4, 0.5) is 0 Å². The summed E-state index contributed by atoms with van der Waals surface area (Å²) < 4.78 is 0. The minimum absolute atomic E-state index is 0.568. The number of hydrogen-bond donors (Lipinski definition) is 0. The molecule has 0 saturated heterocycles. The van der Waals surface area contributed by atoms with Crippen molar-refractivity contribution in [3.05, 3.63) is 24.4 Å². The van der Waals surface area contributed by atoms with E-state index in [0.717, 1.165) is 5.70 Å². The Morgan fingerprint density at radius 2 is 2.08 bits per heavy atom. The molecule has 0 aromatic carbocycles. The molecule has 0 aliphatic rings. The predicted molar refractivity (Wildman–Crippen MR) is 54.6 cm³/mol. The molecule has 0 aliphatic heterocycles. The largest absolute Gasteiger partial charge is 0.315 e. The fourth-order valence-electron chi connectivity index (χ4n) is 0.759. The third-order valence-electron chi connectivity index (χ3n) is 1.43. The molecule has 0 N–H and O–H groups in total. The Balaban J connectivity index is 4.47. The summed E-state index contributed by atoms with van der Waals surface area (Å²) >= 11 is 0. The van der Waals surface area contributed by atoms with Crippen molar-refractivity contribution in [2.24, 2.45) is 9.98 Å². The molecule has 0 heterocycles. The molecule has 0 bridgehead atoms. The lowest BCUT2D eigenvalue weighted by atomic mass is 10.4. The Bertz CT molecular complexity index is 226. The second-order valence-corrected chi connectivity index (χ2v) is 2.23. The van der Waals surface area contributed by atoms with Gasteiger partial charge in [-0.05, 0) is 19.7 Å². The quantitative estimate of drug-likeness (QED) is 0.347. The predicted octanol–water partition coefficient (Wildman–Crippen LogP) is 1.69. The van der Waals surface area contributed by atoms with Gasteiger partial charge in [0, 0.05) is 19.8 Å². The highest BCUT2D eigenvalue weighted by atomic mass is 15.2. The van der Waals surface area contributed by atoms with E-state index in [2.05, 4.69) is 23.3 Å². The first-order valence-corrected chi connectivity index (χ1v) is 3.66. The highest BCUT2D eigenvalue weighted by molar-refractivity contribution is 5.85. The van der Waals surface area contributed by atoms with Crippen molar-refractivity contribution in [2.75, 3.05) is 14.1 Å². The first-order chi connectivity index (χ1) is 5.67. The van der Waals surface area contributed by atoms with Gasteiger partial charge < -0.3 is 4.90 Å². The lowest BCUT2D eigenvalue weighted by molar-refractivity contribution is 0.641. The summed E-state index contributed by atoms with van der Waals surface area (Å²) in [6.07, 6.45) is 3.80. The van der Waals surface area contributed by atoms with E-state index in [1.54, 1.807) is 11.9 Å². The molecule has 0 aliphatic carbocycles. The monoisotopic (exact) mass is 165 g/mol. The van der Waals surface area contributed by atoms with E-state index in [1.807, 2.05) is 26.1 Å². The molecule has 0 spiro atoms. The van der Waals surface area contributed by atoms with Gasteiger partial charge in [-0.15, -0.1) is 0 Å². The number of nitrogens with zero attached hydrogens (tertiary/aromatic N) is 3. The number of rotatable bonds is 2. The first kappa shape index (κ1) is 10.6. The fourth-order valence-corrected chi connectivity index (χ4v) is 0.759. The van der Waals surface area contributed by atoms with Crippen LogP contribution in [0.1, 0.15) is 6.92 Å². The van der Waals surface area contributed by atoms with Crippen molar-refractivity contribution in [1.82, 2.24) is 4.90 Å². The molecule has 12 heavy (non-hydrogen) atoms. The van der Waals surface area contributed by atoms with Gasteiger partial charge in [0.1, 0.15) is 0 Å². The van der Waals surface area contributed by atoms with Crippen LogP contribution in [0.15, 0.2) is 34.4 Å². The number of guanidine groups is 1. The van der Waals surface area contributed by atoms with Crippen molar-refractivity contribution in [2.45, 2.75) is 6.92 Å². The summed E-state index contributed by atoms with van der Waals surface area (Å²) in [5.41, 5.74) is 0.838. The molecule has 3 heteroatoms. The van der Waals surface area contributed by atoms with Gasteiger partial charge >= 0.3 is 0 Å². The second-order valence-electron chi connectivity index (χ2n) is 2.23. The minimum Gasteiger partial charge on any atom is -0.315 e. The van der Waals surface area contributed by atoms with Gasteiger partial charge in [-0.2, -0.15) is 0 Å². The zero-order valence-electron chi connectivity index (χ0n) is 7.91. The van der Waals surface area contributed by atoms with E-state index in [1.165, 1.54) is 0 Å². The summed E-state index contributed by atoms with van der Waals surface area (Å²) in [5.74, 6) is 0.568. The van der Waals surface area contributed by atoms with Crippen LogP contribution in [0.25, 0.3) is 0 Å². The highest BCUT2D eigenvalue weighted by Gasteiger charge is 2.03. The van der Waals surface area contributed by atoms with E-state index < -0.39 is 0 Å². The standard InChI is InChI=1S/C9H15N3/c1-6-7-8(2)12(5)9(10-3)11-4/h6-7H,2-3H2,1,4-5H3/b7-6-,11-9+. The van der Waals surface area contributed by atoms with Gasteiger partial charge in [-0.3, -0.25) is 4.99 Å². The van der Waals surface area contributed by atoms with E-state index in [4.69, 9.17) is 0 Å². The van der Waals surface area contributed by atoms with Crippen molar-refractivity contribution in [3.63, 3.8) is 0 Å². The normalized spacial score (nSPS) is 11.8. The Hall–Kier alpha value is -1.38. The summed E-state index contributed by atoms with van der Waals surface area (Å²) in [5, 5.41) is 0. The summed E-state index contributed by atoms with van der Waals surface area (Å²) in [6, 6.07) is 0. The highest BCUT2D eigenvalue weighted by Crippen LogP contribution is 2.01. The number of likely N-dealkylation sites (N-methyl/N-ethyl adjacent to an activating group) is 1. The zero-order chi connectivity index (χ0) is 9.56. The molecule has 0 saturated carbocycles. The van der Waals surface area contributed by atoms with E-state index in [0.29, 0.717) is 5.96 Å². The average Bonchev–Trinajstić information content (AvgIpc) is 2.07. The topological polar surface area (TPSA) is 28.0 Å². The lowest BCUT2D eigenvalue weighted by Crippen LogP contribution is -2.22. The van der Waals surface area contributed by atoms with Crippen molar-refractivity contribution in [3.8, 4) is 0 Å². The minimum atomic E-state index is 0.568. The molecule has 66 valence electrons. The second kappa shape index (κ2) is 5.29. The van der Waals surface area contributed by atoms with Crippen LogP contribution in [0, 0.1) is 0 Å². The van der Waals surface area contributed by atoms with Gasteiger partial charge in [0.25, 0.3) is 0 Å². The van der Waals surface area contributed by atoms with E-state index in [-0.39, 0.29) is 0 Å². The van der Waals surface area contributed by atoms with Crippen LogP contribution in [0.3, 0.4) is 0 Å². The van der Waals surface area contributed by atoms with Crippen LogP contribution in [0.2, 0.25) is 0 Å². The van der Waals surface area contributed by atoms with Crippen LogP contribution in [0.5, 0.6) is 0 Å². The molecule has 0 aromatic rings. The van der Waals surface area contributed by atoms with Crippen molar-refractivity contribution < 1.29 is 0 Å². The Morgan fingerprint density at radius 3 is 2.42 bits per heavy atom. The number of hydrogen-bond acceptors (Lipinski definition) is 1. The van der Waals surface area contributed by atoms with Gasteiger partial charge in [-0.25, -0.2) is 4.99 Å². The SMILES string of the molecule is C=N/C(=N\C)N(C)C(=C)/C=C\C. The van der Waals surface area contributed by atoms with Crippen LogP contribution in [-0.2, 0) is 0 Å². The average molecular weight is 165 g/mol. The van der Waals surface area contributed by atoms with Crippen LogP contribution >= 0.6 is 0 Å². The summed E-state index contributed by atoms with van der Waals surface area (Å²) in [6.45, 7) is 9.17. The number of allylic oxidation sites excluding steroid dienone is 2. The molecule has 0 unspecified atom stereocenters. The molecular formula is C9H15N3. The van der Waals surface area contributed by atoms with Crippen molar-refractivity contribution in [1.29, 1.82) is 0 Å². The Kier molecular flexibility index (Phi) is 4.69. The maximum Gasteiger partial charge on any atom is 0.224 e. The smallest absolute Gasteiger partial charge is 0.224 e. The van der Waals surface area contributed by atoms with Crippen LogP contribution < -0.4 is 0 Å². The molecule has 0 radical (unpaired) electrons. The molecular weight excluding hydrogens is 150 g/mol. The van der Waals surface area contributed by atoms with Crippen LogP contribution in [-0.4, -0.2) is 31.7 Å². The molecule has 0 fully saturated rings. The molecule has 3 nitrogen and oxygen atoms in total. The summed E-state index contributed by atoms with van der Waals surface area (Å²) in [7, 11) is 3.52. The zero-order valence-corrected chi connectivity index (χ0v) is 7.91. The van der Waals surface area contributed by atoms with E-state index >= 15 is 0 Å². The third kappa shape index (κ3) is 2.70. The van der Waals surface area contributed by atoms with E-state index in [9.17, 15) is 0 Å². The van der Waals surface area contributed by atoms with Gasteiger partial charge in [0.15, 0.2) is 0 Å². The third-order valence-corrected chi connectivity index (χ3v) is 1.43. The first-order valence-electron chi connectivity index (χ1n) is 3.66. The molecule has 0 aromatic heterocycles. The summed E-state index contributed by atoms with van der Waals surface area (Å²) in [4.78, 5) is 9.44. The molecule has 0 atom stereocenters. The Morgan fingerprint density at radius 1 is 1.50 bits per heavy atom. The molecule has 0 rings (SSSR count). The van der Waals surface area contributed by atoms with Gasteiger partial charge in [0.05, 0.1) is 0 Å².